The van der Waals surface area contributed by atoms with E-state index < -0.39 is 0 Å². The molecule has 118 valence electrons. The lowest BCUT2D eigenvalue weighted by molar-refractivity contribution is 0.150. The van der Waals surface area contributed by atoms with Crippen molar-refractivity contribution < 1.29 is 0 Å². The van der Waals surface area contributed by atoms with E-state index in [9.17, 15) is 0 Å². The van der Waals surface area contributed by atoms with Gasteiger partial charge in [-0.2, -0.15) is 0 Å². The fraction of sp³-hybridized carbons (Fsp3) is 0.529. The summed E-state index contributed by atoms with van der Waals surface area (Å²) in [6.45, 7) is 7.63. The van der Waals surface area contributed by atoms with Crippen molar-refractivity contribution >= 4 is 10.9 Å². The van der Waals surface area contributed by atoms with Gasteiger partial charge >= 0.3 is 0 Å². The number of piperazine rings is 1. The summed E-state index contributed by atoms with van der Waals surface area (Å²) in [4.78, 5) is 13.9. The van der Waals surface area contributed by atoms with Gasteiger partial charge in [-0.05, 0) is 38.6 Å². The van der Waals surface area contributed by atoms with Gasteiger partial charge in [0.05, 0.1) is 11.2 Å². The van der Waals surface area contributed by atoms with Gasteiger partial charge in [0.1, 0.15) is 0 Å². The summed E-state index contributed by atoms with van der Waals surface area (Å²) in [5.74, 6) is 0. The molecule has 0 saturated carbocycles. The number of hydrogen-bond acceptors (Lipinski definition) is 5. The third kappa shape index (κ3) is 3.43. The third-order valence-electron chi connectivity index (χ3n) is 4.57. The molecule has 1 saturated heterocycles. The van der Waals surface area contributed by atoms with E-state index in [0.29, 0.717) is 0 Å². The molecule has 0 amide bonds. The van der Waals surface area contributed by atoms with E-state index in [-0.39, 0.29) is 6.04 Å². The van der Waals surface area contributed by atoms with Gasteiger partial charge in [-0.1, -0.05) is 0 Å². The molecule has 1 aliphatic rings. The van der Waals surface area contributed by atoms with Gasteiger partial charge < -0.3 is 15.5 Å². The number of hydrogen-bond donors (Lipinski definition) is 1. The van der Waals surface area contributed by atoms with Crippen LogP contribution >= 0.6 is 0 Å². The maximum Gasteiger partial charge on any atom is 0.0739 e. The van der Waals surface area contributed by atoms with Crippen LogP contribution < -0.4 is 5.73 Å². The first-order valence-electron chi connectivity index (χ1n) is 8.02. The lowest BCUT2D eigenvalue weighted by Crippen LogP contribution is -2.45. The molecular formula is C17H25N5. The summed E-state index contributed by atoms with van der Waals surface area (Å²) in [5, 5.41) is 1.11. The van der Waals surface area contributed by atoms with Crippen LogP contribution in [0.25, 0.3) is 10.9 Å². The van der Waals surface area contributed by atoms with Crippen molar-refractivity contribution in [3.63, 3.8) is 0 Å². The summed E-state index contributed by atoms with van der Waals surface area (Å²) in [6.07, 6.45) is 2.76. The molecule has 3 heterocycles. The monoisotopic (exact) mass is 299 g/mol. The molecule has 0 radical (unpaired) electrons. The SMILES string of the molecule is Cc1nccc2nc(C(N)CCN3CCN(C)CC3)ccc12. The van der Waals surface area contributed by atoms with E-state index in [2.05, 4.69) is 27.9 Å². The normalized spacial score (nSPS) is 18.7. The molecule has 1 atom stereocenters. The first kappa shape index (κ1) is 15.3. The molecule has 5 heteroatoms. The summed E-state index contributed by atoms with van der Waals surface area (Å²) in [6, 6.07) is 6.10. The molecule has 0 aromatic carbocycles. The quantitative estimate of drug-likeness (QED) is 0.929. The Kier molecular flexibility index (Phi) is 4.66. The van der Waals surface area contributed by atoms with E-state index in [4.69, 9.17) is 10.7 Å². The van der Waals surface area contributed by atoms with E-state index in [1.807, 2.05) is 25.3 Å². The number of aryl methyl sites for hydroxylation is 1. The zero-order valence-electron chi connectivity index (χ0n) is 13.5. The maximum atomic E-state index is 6.35. The highest BCUT2D eigenvalue weighted by Crippen LogP contribution is 2.19. The highest BCUT2D eigenvalue weighted by atomic mass is 15.2. The van der Waals surface area contributed by atoms with Crippen molar-refractivity contribution in [1.29, 1.82) is 0 Å². The van der Waals surface area contributed by atoms with Gasteiger partial charge in [0.25, 0.3) is 0 Å². The number of rotatable bonds is 4. The highest BCUT2D eigenvalue weighted by Gasteiger charge is 2.16. The molecule has 0 aliphatic carbocycles. The van der Waals surface area contributed by atoms with Crippen LogP contribution in [0, 0.1) is 6.92 Å². The summed E-state index contributed by atoms with van der Waals surface area (Å²) >= 11 is 0. The number of fused-ring (bicyclic) bond motifs is 1. The second-order valence-electron chi connectivity index (χ2n) is 6.24. The molecule has 2 N–H and O–H groups in total. The van der Waals surface area contributed by atoms with Crippen molar-refractivity contribution in [3.8, 4) is 0 Å². The first-order chi connectivity index (χ1) is 10.6. The number of likely N-dealkylation sites (N-methyl/N-ethyl adjacent to an activating group) is 1. The van der Waals surface area contributed by atoms with E-state index >= 15 is 0 Å². The van der Waals surface area contributed by atoms with Crippen molar-refractivity contribution in [2.45, 2.75) is 19.4 Å². The van der Waals surface area contributed by atoms with Crippen LogP contribution in [0.5, 0.6) is 0 Å². The summed E-state index contributed by atoms with van der Waals surface area (Å²) in [5.41, 5.74) is 9.33. The largest absolute Gasteiger partial charge is 0.323 e. The predicted molar refractivity (Wildman–Crippen MR) is 89.8 cm³/mol. The molecule has 2 aromatic heterocycles. The Bertz CT molecular complexity index is 634. The van der Waals surface area contributed by atoms with Crippen molar-refractivity contribution in [2.24, 2.45) is 5.73 Å². The van der Waals surface area contributed by atoms with Crippen molar-refractivity contribution in [1.82, 2.24) is 19.8 Å². The smallest absolute Gasteiger partial charge is 0.0739 e. The fourth-order valence-corrected chi connectivity index (χ4v) is 2.96. The van der Waals surface area contributed by atoms with Crippen LogP contribution in [0.2, 0.25) is 0 Å². The predicted octanol–water partition coefficient (Wildman–Crippen LogP) is 1.58. The standard InChI is InChI=1S/C17H25N5/c1-13-14-3-4-17(20-16(14)5-7-19-13)15(18)6-8-22-11-9-21(2)10-12-22/h3-5,7,15H,6,8-12,18H2,1-2H3. The van der Waals surface area contributed by atoms with E-state index in [1.54, 1.807) is 0 Å². The molecule has 1 fully saturated rings. The molecular weight excluding hydrogens is 274 g/mol. The Labute approximate surface area is 132 Å². The second kappa shape index (κ2) is 6.69. The number of pyridine rings is 2. The average Bonchev–Trinajstić information content (AvgIpc) is 2.54. The molecule has 1 unspecified atom stereocenters. The molecule has 0 bridgehead atoms. The van der Waals surface area contributed by atoms with Gasteiger partial charge in [0.2, 0.25) is 0 Å². The minimum Gasteiger partial charge on any atom is -0.323 e. The summed E-state index contributed by atoms with van der Waals surface area (Å²) < 4.78 is 0. The molecule has 2 aromatic rings. The zero-order valence-corrected chi connectivity index (χ0v) is 13.5. The minimum atomic E-state index is -0.00229. The molecule has 5 nitrogen and oxygen atoms in total. The molecule has 3 rings (SSSR count). The third-order valence-corrected chi connectivity index (χ3v) is 4.57. The summed E-state index contributed by atoms with van der Waals surface area (Å²) in [7, 11) is 2.18. The van der Waals surface area contributed by atoms with Gasteiger partial charge in [0.15, 0.2) is 0 Å². The van der Waals surface area contributed by atoms with Crippen LogP contribution in [0.15, 0.2) is 24.4 Å². The van der Waals surface area contributed by atoms with Gasteiger partial charge in [-0.3, -0.25) is 9.97 Å². The molecule has 1 aliphatic heterocycles. The van der Waals surface area contributed by atoms with Gasteiger partial charge in [-0.25, -0.2) is 0 Å². The highest BCUT2D eigenvalue weighted by molar-refractivity contribution is 5.80. The maximum absolute atomic E-state index is 6.35. The second-order valence-corrected chi connectivity index (χ2v) is 6.24. The Hall–Kier alpha value is -1.56. The minimum absolute atomic E-state index is 0.00229. The average molecular weight is 299 g/mol. The number of nitrogens with zero attached hydrogens (tertiary/aromatic N) is 4. The van der Waals surface area contributed by atoms with Crippen LogP contribution in [-0.4, -0.2) is 59.5 Å². The lowest BCUT2D eigenvalue weighted by Gasteiger charge is -2.32. The first-order valence-corrected chi connectivity index (χ1v) is 8.02. The molecule has 22 heavy (non-hydrogen) atoms. The topological polar surface area (TPSA) is 58.3 Å². The molecule has 0 spiro atoms. The van der Waals surface area contributed by atoms with Crippen molar-refractivity contribution in [3.05, 3.63) is 35.8 Å². The Morgan fingerprint density at radius 1 is 1.18 bits per heavy atom. The van der Waals surface area contributed by atoms with Crippen LogP contribution in [-0.2, 0) is 0 Å². The zero-order chi connectivity index (χ0) is 15.5. The van der Waals surface area contributed by atoms with Crippen LogP contribution in [0.4, 0.5) is 0 Å². The Morgan fingerprint density at radius 2 is 1.95 bits per heavy atom. The van der Waals surface area contributed by atoms with E-state index in [1.165, 1.54) is 0 Å². The lowest BCUT2D eigenvalue weighted by atomic mass is 10.1. The van der Waals surface area contributed by atoms with Crippen LogP contribution in [0.1, 0.15) is 23.9 Å². The van der Waals surface area contributed by atoms with Gasteiger partial charge in [0, 0.05) is 56.0 Å². The van der Waals surface area contributed by atoms with Gasteiger partial charge in [-0.15, -0.1) is 0 Å². The number of aromatic nitrogens is 2. The van der Waals surface area contributed by atoms with E-state index in [0.717, 1.165) is 61.4 Å². The number of nitrogens with two attached hydrogens (primary N) is 1. The van der Waals surface area contributed by atoms with Crippen molar-refractivity contribution in [2.75, 3.05) is 39.8 Å². The Balaban J connectivity index is 1.63. The Morgan fingerprint density at radius 3 is 2.73 bits per heavy atom. The van der Waals surface area contributed by atoms with Crippen LogP contribution in [0.3, 0.4) is 0 Å². The fourth-order valence-electron chi connectivity index (χ4n) is 2.96.